The van der Waals surface area contributed by atoms with Gasteiger partial charge in [0, 0.05) is 0 Å². The molecule has 21 heavy (non-hydrogen) atoms. The molecule has 0 radical (unpaired) electrons. The van der Waals surface area contributed by atoms with E-state index < -0.39 is 0 Å². The van der Waals surface area contributed by atoms with Crippen molar-refractivity contribution in [3.63, 3.8) is 0 Å². The lowest BCUT2D eigenvalue weighted by atomic mass is 9.89. The van der Waals surface area contributed by atoms with E-state index in [9.17, 15) is 5.11 Å². The maximum absolute atomic E-state index is 10.1. The predicted octanol–water partition coefficient (Wildman–Crippen LogP) is 5.31. The van der Waals surface area contributed by atoms with Crippen molar-refractivity contribution < 1.29 is 5.11 Å². The Balaban J connectivity index is 2.69. The van der Waals surface area contributed by atoms with Gasteiger partial charge in [-0.05, 0) is 71.2 Å². The fourth-order valence-electron chi connectivity index (χ4n) is 2.91. The number of rotatable bonds is 5. The molecule has 1 nitrogen and oxygen atoms in total. The van der Waals surface area contributed by atoms with Crippen LogP contribution in [-0.4, -0.2) is 5.11 Å². The molecule has 0 heterocycles. The third-order valence-electron chi connectivity index (χ3n) is 4.32. The third-order valence-corrected chi connectivity index (χ3v) is 4.32. The minimum atomic E-state index is 0.433. The molecule has 0 aliphatic carbocycles. The molecule has 0 amide bonds. The zero-order valence-electron chi connectivity index (χ0n) is 13.7. The van der Waals surface area contributed by atoms with Gasteiger partial charge in [0.15, 0.2) is 0 Å². The summed E-state index contributed by atoms with van der Waals surface area (Å²) in [6.45, 7) is 8.64. The summed E-state index contributed by atoms with van der Waals surface area (Å²) in [6.07, 6.45) is 3.88. The summed E-state index contributed by atoms with van der Waals surface area (Å²) in [5, 5.41) is 10.1. The van der Waals surface area contributed by atoms with Crippen LogP contribution >= 0.6 is 0 Å². The highest BCUT2D eigenvalue weighted by atomic mass is 16.3. The van der Waals surface area contributed by atoms with E-state index in [4.69, 9.17) is 0 Å². The Hall–Kier alpha value is -1.76. The summed E-state index contributed by atoms with van der Waals surface area (Å²) in [7, 11) is 0. The number of phenolic OH excluding ortho intramolecular Hbond substituents is 1. The number of aryl methyl sites for hydroxylation is 4. The van der Waals surface area contributed by atoms with E-state index in [0.717, 1.165) is 31.2 Å². The second-order valence-electron chi connectivity index (χ2n) is 5.54. The van der Waals surface area contributed by atoms with E-state index in [1.54, 1.807) is 0 Å². The van der Waals surface area contributed by atoms with Gasteiger partial charge in [-0.3, -0.25) is 0 Å². The van der Waals surface area contributed by atoms with Crippen LogP contribution in [0.15, 0.2) is 30.3 Å². The maximum Gasteiger partial charge on any atom is 0.119 e. The van der Waals surface area contributed by atoms with Crippen molar-refractivity contribution in [2.45, 2.75) is 53.4 Å². The summed E-state index contributed by atoms with van der Waals surface area (Å²) in [5.41, 5.74) is 7.64. The molecule has 2 rings (SSSR count). The average molecular weight is 282 g/mol. The van der Waals surface area contributed by atoms with Crippen molar-refractivity contribution in [2.75, 3.05) is 0 Å². The quantitative estimate of drug-likeness (QED) is 0.788. The lowest BCUT2D eigenvalue weighted by molar-refractivity contribution is 0.468. The van der Waals surface area contributed by atoms with Gasteiger partial charge in [-0.2, -0.15) is 0 Å². The number of hydrogen-bond acceptors (Lipinski definition) is 1. The summed E-state index contributed by atoms with van der Waals surface area (Å²) in [5.74, 6) is 0.433. The second kappa shape index (κ2) is 6.80. The molecule has 2 aromatic carbocycles. The first-order valence-corrected chi connectivity index (χ1v) is 8.11. The minimum absolute atomic E-state index is 0.433. The molecule has 0 aliphatic heterocycles. The zero-order chi connectivity index (χ0) is 15.4. The highest BCUT2D eigenvalue weighted by molar-refractivity contribution is 5.73. The normalized spacial score (nSPS) is 10.9. The second-order valence-corrected chi connectivity index (χ2v) is 5.54. The Kier molecular flexibility index (Phi) is 5.06. The monoisotopic (exact) mass is 282 g/mol. The van der Waals surface area contributed by atoms with Gasteiger partial charge in [-0.15, -0.1) is 0 Å². The Morgan fingerprint density at radius 2 is 1.29 bits per heavy atom. The molecule has 1 N–H and O–H groups in total. The molecular formula is C20H26O. The van der Waals surface area contributed by atoms with Gasteiger partial charge in [0.05, 0.1) is 0 Å². The molecule has 0 fully saturated rings. The summed E-state index contributed by atoms with van der Waals surface area (Å²) in [6, 6.07) is 10.9. The van der Waals surface area contributed by atoms with Crippen LogP contribution in [0.1, 0.15) is 49.9 Å². The van der Waals surface area contributed by atoms with Crippen molar-refractivity contribution in [3.05, 3.63) is 52.6 Å². The van der Waals surface area contributed by atoms with Crippen molar-refractivity contribution >= 4 is 0 Å². The fraction of sp³-hybridized carbons (Fsp3) is 0.400. The van der Waals surface area contributed by atoms with E-state index in [0.29, 0.717) is 5.75 Å². The molecule has 0 atom stereocenters. The molecule has 112 valence electrons. The van der Waals surface area contributed by atoms with Crippen LogP contribution in [0.2, 0.25) is 0 Å². The minimum Gasteiger partial charge on any atom is -0.508 e. The van der Waals surface area contributed by atoms with Crippen molar-refractivity contribution in [1.29, 1.82) is 0 Å². The van der Waals surface area contributed by atoms with Gasteiger partial charge in [-0.25, -0.2) is 0 Å². The van der Waals surface area contributed by atoms with Crippen LogP contribution in [0.5, 0.6) is 5.75 Å². The first-order chi connectivity index (χ1) is 10.1. The Labute approximate surface area is 128 Å². The number of benzene rings is 2. The van der Waals surface area contributed by atoms with Crippen LogP contribution in [0.4, 0.5) is 0 Å². The SMILES string of the molecule is CCc1ccc(CC)c(-c2cc(CC)c(O)cc2CC)c1. The maximum atomic E-state index is 10.1. The van der Waals surface area contributed by atoms with E-state index in [2.05, 4.69) is 52.0 Å². The topological polar surface area (TPSA) is 20.2 Å². The molecule has 0 saturated heterocycles. The van der Waals surface area contributed by atoms with Crippen LogP contribution in [0.25, 0.3) is 11.1 Å². The predicted molar refractivity (Wildman–Crippen MR) is 91.1 cm³/mol. The van der Waals surface area contributed by atoms with Gasteiger partial charge in [0.1, 0.15) is 5.75 Å². The molecule has 1 heteroatoms. The lowest BCUT2D eigenvalue weighted by Crippen LogP contribution is -1.96. The first kappa shape index (κ1) is 15.6. The summed E-state index contributed by atoms with van der Waals surface area (Å²) in [4.78, 5) is 0. The van der Waals surface area contributed by atoms with Crippen LogP contribution in [0, 0.1) is 0 Å². The molecule has 0 aliphatic rings. The fourth-order valence-corrected chi connectivity index (χ4v) is 2.91. The Bertz CT molecular complexity index is 626. The Morgan fingerprint density at radius 3 is 1.86 bits per heavy atom. The molecule has 0 saturated carbocycles. The number of hydrogen-bond donors (Lipinski definition) is 1. The van der Waals surface area contributed by atoms with Crippen LogP contribution < -0.4 is 0 Å². The van der Waals surface area contributed by atoms with Gasteiger partial charge < -0.3 is 5.11 Å². The van der Waals surface area contributed by atoms with Crippen molar-refractivity contribution in [1.82, 2.24) is 0 Å². The van der Waals surface area contributed by atoms with Gasteiger partial charge in [0.2, 0.25) is 0 Å². The first-order valence-electron chi connectivity index (χ1n) is 8.11. The van der Waals surface area contributed by atoms with Crippen molar-refractivity contribution in [3.8, 4) is 16.9 Å². The Morgan fingerprint density at radius 1 is 0.667 bits per heavy atom. The van der Waals surface area contributed by atoms with E-state index >= 15 is 0 Å². The van der Waals surface area contributed by atoms with E-state index in [1.165, 1.54) is 27.8 Å². The third kappa shape index (κ3) is 3.12. The highest BCUT2D eigenvalue weighted by Gasteiger charge is 2.12. The number of phenols is 1. The molecule has 0 unspecified atom stereocenters. The standard InChI is InChI=1S/C20H26O/c1-5-14-9-10-15(6-2)18(11-14)19-12-17(8-4)20(21)13-16(19)7-3/h9-13,21H,5-8H2,1-4H3. The molecule has 0 aromatic heterocycles. The van der Waals surface area contributed by atoms with Crippen LogP contribution in [0.3, 0.4) is 0 Å². The molecule has 0 spiro atoms. The summed E-state index contributed by atoms with van der Waals surface area (Å²) < 4.78 is 0. The number of aromatic hydroxyl groups is 1. The molecule has 2 aromatic rings. The largest absolute Gasteiger partial charge is 0.508 e. The summed E-state index contributed by atoms with van der Waals surface area (Å²) >= 11 is 0. The van der Waals surface area contributed by atoms with E-state index in [-0.39, 0.29) is 0 Å². The highest BCUT2D eigenvalue weighted by Crippen LogP contribution is 2.34. The molecule has 0 bridgehead atoms. The zero-order valence-corrected chi connectivity index (χ0v) is 13.7. The van der Waals surface area contributed by atoms with Gasteiger partial charge in [-0.1, -0.05) is 45.9 Å². The van der Waals surface area contributed by atoms with Gasteiger partial charge >= 0.3 is 0 Å². The van der Waals surface area contributed by atoms with E-state index in [1.807, 2.05) is 6.07 Å². The molecular weight excluding hydrogens is 256 g/mol. The van der Waals surface area contributed by atoms with Crippen molar-refractivity contribution in [2.24, 2.45) is 0 Å². The smallest absolute Gasteiger partial charge is 0.119 e. The lowest BCUT2D eigenvalue weighted by Gasteiger charge is -2.16. The average Bonchev–Trinajstić information content (AvgIpc) is 2.53. The van der Waals surface area contributed by atoms with Crippen LogP contribution in [-0.2, 0) is 25.7 Å². The van der Waals surface area contributed by atoms with Gasteiger partial charge in [0.25, 0.3) is 0 Å².